The van der Waals surface area contributed by atoms with Crippen LogP contribution in [0, 0.1) is 0 Å². The summed E-state index contributed by atoms with van der Waals surface area (Å²) >= 11 is 0. The molecule has 0 aliphatic carbocycles. The zero-order valence-corrected chi connectivity index (χ0v) is 24.3. The van der Waals surface area contributed by atoms with Gasteiger partial charge in [0, 0.05) is 28.2 Å². The normalized spacial score (nSPS) is 11.0. The summed E-state index contributed by atoms with van der Waals surface area (Å²) in [5.41, 5.74) is 2.68. The molecule has 0 spiro atoms. The summed E-state index contributed by atoms with van der Waals surface area (Å²) < 4.78 is 0. The highest BCUT2D eigenvalue weighted by atomic mass is 31.2. The van der Waals surface area contributed by atoms with Crippen molar-refractivity contribution in [2.24, 2.45) is 0 Å². The summed E-state index contributed by atoms with van der Waals surface area (Å²) in [6, 6.07) is 31.3. The highest BCUT2D eigenvalue weighted by Crippen LogP contribution is 2.48. The van der Waals surface area contributed by atoms with Crippen molar-refractivity contribution in [3.8, 4) is 0 Å². The molecule has 0 atom stereocenters. The van der Waals surface area contributed by atoms with E-state index in [0.717, 1.165) is 27.1 Å². The Bertz CT molecular complexity index is 1270. The van der Waals surface area contributed by atoms with Crippen molar-refractivity contribution < 1.29 is 19.2 Å². The van der Waals surface area contributed by atoms with E-state index >= 15 is 0 Å². The summed E-state index contributed by atoms with van der Waals surface area (Å²) in [5.74, 6) is 0.915. The van der Waals surface area contributed by atoms with E-state index in [-0.39, 0.29) is 23.1 Å². The van der Waals surface area contributed by atoms with Gasteiger partial charge in [-0.15, -0.1) is 0 Å². The molecule has 0 heterocycles. The maximum absolute atomic E-state index is 11.9. The first-order valence-corrected chi connectivity index (χ1v) is 15.7. The molecule has 0 radical (unpaired) electrons. The highest BCUT2D eigenvalue weighted by molar-refractivity contribution is 7.88. The second-order valence-electron chi connectivity index (χ2n) is 9.41. The van der Waals surface area contributed by atoms with E-state index in [9.17, 15) is 19.2 Å². The number of Topliss-reactive ketones (excluding diaryl/α,β-unsaturated/α-hetero) is 4. The summed E-state index contributed by atoms with van der Waals surface area (Å²) in [4.78, 5) is 47.7. The molecule has 0 unspecified atom stereocenters. The number of hydrogen-bond acceptors (Lipinski definition) is 4. The molecule has 4 aromatic rings. The zero-order valence-electron chi connectivity index (χ0n) is 22.5. The maximum Gasteiger partial charge on any atom is 0.159 e. The Balaban J connectivity index is 1.82. The lowest BCUT2D eigenvalue weighted by molar-refractivity contribution is 0.100. The first kappa shape index (κ1) is 28.4. The van der Waals surface area contributed by atoms with E-state index in [1.807, 2.05) is 97.1 Å². The molecular formula is C33H30O4P2. The minimum absolute atomic E-state index is 0.0232. The van der Waals surface area contributed by atoms with E-state index in [1.54, 1.807) is 27.7 Å². The second-order valence-corrected chi connectivity index (χ2v) is 14.3. The maximum atomic E-state index is 11.9. The Hall–Kier alpha value is -3.58. The zero-order chi connectivity index (χ0) is 28.1. The van der Waals surface area contributed by atoms with E-state index < -0.39 is 15.8 Å². The molecular weight excluding hydrogens is 522 g/mol. The summed E-state index contributed by atoms with van der Waals surface area (Å²) in [7, 11) is -1.74. The highest BCUT2D eigenvalue weighted by Gasteiger charge is 2.23. The molecule has 0 aliphatic heterocycles. The Kier molecular flexibility index (Phi) is 9.12. The Morgan fingerprint density at radius 1 is 0.385 bits per heavy atom. The summed E-state index contributed by atoms with van der Waals surface area (Å²) in [6.07, 6.45) is 0. The van der Waals surface area contributed by atoms with Gasteiger partial charge in [-0.3, -0.25) is 19.2 Å². The number of ketones is 4. The first-order valence-electron chi connectivity index (χ1n) is 12.6. The molecule has 196 valence electrons. The smallest absolute Gasteiger partial charge is 0.159 e. The lowest BCUT2D eigenvalue weighted by Gasteiger charge is -2.27. The van der Waals surface area contributed by atoms with Crippen molar-refractivity contribution in [3.63, 3.8) is 0 Å². The van der Waals surface area contributed by atoms with Crippen LogP contribution in [0.3, 0.4) is 0 Å². The SMILES string of the molecule is CC(=O)c1ccc(P(CP(c2ccc(C(C)=O)cc2)c2ccc(C(C)=O)cc2)c2ccc(C(C)=O)cc2)cc1. The van der Waals surface area contributed by atoms with Gasteiger partial charge in [-0.2, -0.15) is 0 Å². The molecule has 0 aliphatic rings. The minimum Gasteiger partial charge on any atom is -0.295 e. The third kappa shape index (κ3) is 6.90. The fourth-order valence-electron chi connectivity index (χ4n) is 4.27. The van der Waals surface area contributed by atoms with Crippen molar-refractivity contribution >= 4 is 60.2 Å². The molecule has 0 saturated carbocycles. The molecule has 4 aromatic carbocycles. The fourth-order valence-corrected chi connectivity index (χ4v) is 10.6. The van der Waals surface area contributed by atoms with Crippen molar-refractivity contribution in [1.29, 1.82) is 0 Å². The van der Waals surface area contributed by atoms with E-state index in [4.69, 9.17) is 0 Å². The van der Waals surface area contributed by atoms with Crippen LogP contribution in [0.15, 0.2) is 97.1 Å². The molecule has 39 heavy (non-hydrogen) atoms. The third-order valence-electron chi connectivity index (χ3n) is 6.62. The van der Waals surface area contributed by atoms with Crippen LogP contribution >= 0.6 is 15.8 Å². The van der Waals surface area contributed by atoms with Gasteiger partial charge in [-0.1, -0.05) is 97.1 Å². The van der Waals surface area contributed by atoms with Crippen LogP contribution in [-0.4, -0.2) is 29.0 Å². The summed E-state index contributed by atoms with van der Waals surface area (Å²) in [6.45, 7) is 6.25. The fraction of sp³-hybridized carbons (Fsp3) is 0.152. The van der Waals surface area contributed by atoms with E-state index in [2.05, 4.69) is 0 Å². The van der Waals surface area contributed by atoms with Gasteiger partial charge in [0.2, 0.25) is 0 Å². The van der Waals surface area contributed by atoms with Crippen LogP contribution in [0.25, 0.3) is 0 Å². The predicted molar refractivity (Wildman–Crippen MR) is 163 cm³/mol. The predicted octanol–water partition coefficient (Wildman–Crippen LogP) is 6.02. The van der Waals surface area contributed by atoms with E-state index in [1.165, 1.54) is 0 Å². The molecule has 0 fully saturated rings. The third-order valence-corrected chi connectivity index (χ3v) is 12.6. The number of rotatable bonds is 10. The van der Waals surface area contributed by atoms with Crippen molar-refractivity contribution in [1.82, 2.24) is 0 Å². The first-order chi connectivity index (χ1) is 18.6. The summed E-state index contributed by atoms with van der Waals surface area (Å²) in [5, 5.41) is 4.55. The molecule has 6 heteroatoms. The number of carbonyl (C=O) groups is 4. The van der Waals surface area contributed by atoms with Gasteiger partial charge in [-0.25, -0.2) is 0 Å². The van der Waals surface area contributed by atoms with Crippen LogP contribution in [0.4, 0.5) is 0 Å². The quantitative estimate of drug-likeness (QED) is 0.178. The van der Waals surface area contributed by atoms with Gasteiger partial charge in [0.05, 0.1) is 0 Å². The van der Waals surface area contributed by atoms with Crippen molar-refractivity contribution in [2.45, 2.75) is 27.7 Å². The molecule has 0 aromatic heterocycles. The van der Waals surface area contributed by atoms with Gasteiger partial charge in [0.15, 0.2) is 23.1 Å². The van der Waals surface area contributed by atoms with Crippen molar-refractivity contribution in [3.05, 3.63) is 119 Å². The molecule has 0 amide bonds. The Morgan fingerprint density at radius 2 is 0.564 bits per heavy atom. The molecule has 0 saturated heterocycles. The molecule has 4 nitrogen and oxygen atoms in total. The van der Waals surface area contributed by atoms with Gasteiger partial charge in [-0.05, 0) is 64.8 Å². The average molecular weight is 553 g/mol. The number of hydrogen-bond donors (Lipinski definition) is 0. The number of carbonyl (C=O) groups excluding carboxylic acids is 4. The standard InChI is InChI=1S/C33H30O4P2/c1-22(34)26-5-13-30(14-6-26)38(31-15-7-27(8-16-31)23(2)35)21-39(32-17-9-28(10-18-32)24(3)36)33-19-11-29(12-20-33)25(4)37/h5-20H,21H2,1-4H3. The van der Waals surface area contributed by atoms with Crippen LogP contribution in [0.2, 0.25) is 0 Å². The van der Waals surface area contributed by atoms with E-state index in [0.29, 0.717) is 22.3 Å². The lowest BCUT2D eigenvalue weighted by Crippen LogP contribution is -2.20. The van der Waals surface area contributed by atoms with Gasteiger partial charge < -0.3 is 0 Å². The van der Waals surface area contributed by atoms with Crippen LogP contribution in [0.1, 0.15) is 69.1 Å². The Morgan fingerprint density at radius 3 is 0.718 bits per heavy atom. The van der Waals surface area contributed by atoms with Gasteiger partial charge >= 0.3 is 0 Å². The second kappa shape index (κ2) is 12.5. The van der Waals surface area contributed by atoms with Crippen molar-refractivity contribution in [2.75, 3.05) is 5.90 Å². The molecule has 0 N–H and O–H groups in total. The molecule has 4 rings (SSSR count). The van der Waals surface area contributed by atoms with Crippen LogP contribution in [0.5, 0.6) is 0 Å². The van der Waals surface area contributed by atoms with Crippen LogP contribution in [-0.2, 0) is 0 Å². The molecule has 0 bridgehead atoms. The average Bonchev–Trinajstić information content (AvgIpc) is 2.94. The minimum atomic E-state index is -0.869. The topological polar surface area (TPSA) is 68.3 Å². The van der Waals surface area contributed by atoms with Crippen LogP contribution < -0.4 is 21.2 Å². The monoisotopic (exact) mass is 552 g/mol. The van der Waals surface area contributed by atoms with Gasteiger partial charge in [0.1, 0.15) is 0 Å². The van der Waals surface area contributed by atoms with Gasteiger partial charge in [0.25, 0.3) is 0 Å². The number of benzene rings is 4. The lowest BCUT2D eigenvalue weighted by atomic mass is 10.1. The Labute approximate surface area is 232 Å². The largest absolute Gasteiger partial charge is 0.295 e.